The van der Waals surface area contributed by atoms with Crippen LogP contribution < -0.4 is 5.32 Å². The Morgan fingerprint density at radius 2 is 2.05 bits per heavy atom. The Hall–Kier alpha value is -1.10. The molecule has 0 radical (unpaired) electrons. The van der Waals surface area contributed by atoms with Crippen molar-refractivity contribution in [1.82, 2.24) is 4.90 Å². The van der Waals surface area contributed by atoms with Crippen LogP contribution in [0.1, 0.15) is 19.3 Å². The summed E-state index contributed by atoms with van der Waals surface area (Å²) in [5.74, 6) is 0.0945. The lowest BCUT2D eigenvalue weighted by molar-refractivity contribution is -0.117. The molecule has 1 aromatic carbocycles. The largest absolute Gasteiger partial charge is 0.325 e. The second-order valence-corrected chi connectivity index (χ2v) is 6.08. The highest BCUT2D eigenvalue weighted by atomic mass is 35.5. The van der Waals surface area contributed by atoms with Gasteiger partial charge in [0.1, 0.15) is 6.29 Å². The lowest BCUT2D eigenvalue weighted by Crippen LogP contribution is -2.36. The van der Waals surface area contributed by atoms with Gasteiger partial charge >= 0.3 is 0 Å². The number of likely N-dealkylation sites (tertiary alicyclic amines) is 1. The zero-order valence-electron chi connectivity index (χ0n) is 11.6. The zero-order valence-corrected chi connectivity index (χ0v) is 13.2. The maximum atomic E-state index is 11.9. The van der Waals surface area contributed by atoms with E-state index in [1.165, 1.54) is 0 Å². The summed E-state index contributed by atoms with van der Waals surface area (Å²) in [4.78, 5) is 24.8. The summed E-state index contributed by atoms with van der Waals surface area (Å²) in [6.45, 7) is 2.43. The van der Waals surface area contributed by atoms with Crippen LogP contribution in [-0.4, -0.2) is 36.7 Å². The quantitative estimate of drug-likeness (QED) is 0.844. The third-order valence-electron chi connectivity index (χ3n) is 3.68. The summed E-state index contributed by atoms with van der Waals surface area (Å²) < 4.78 is 0. The molecule has 1 fully saturated rings. The van der Waals surface area contributed by atoms with Gasteiger partial charge in [0.05, 0.1) is 10.7 Å². The summed E-state index contributed by atoms with van der Waals surface area (Å²) in [7, 11) is 0. The minimum absolute atomic E-state index is 0.0864. The van der Waals surface area contributed by atoms with Gasteiger partial charge in [-0.15, -0.1) is 0 Å². The number of aldehydes is 1. The van der Waals surface area contributed by atoms with Crippen LogP contribution in [0, 0.1) is 5.92 Å². The minimum Gasteiger partial charge on any atom is -0.325 e. The molecule has 0 atom stereocenters. The van der Waals surface area contributed by atoms with E-state index in [2.05, 4.69) is 10.2 Å². The van der Waals surface area contributed by atoms with Crippen LogP contribution in [0.5, 0.6) is 0 Å². The summed E-state index contributed by atoms with van der Waals surface area (Å²) in [5.41, 5.74) is 0.536. The molecule has 1 aromatic rings. The van der Waals surface area contributed by atoms with Crippen molar-refractivity contribution in [3.8, 4) is 0 Å². The molecule has 0 unspecified atom stereocenters. The van der Waals surface area contributed by atoms with E-state index in [9.17, 15) is 9.59 Å². The Kier molecular flexibility index (Phi) is 6.03. The van der Waals surface area contributed by atoms with Crippen molar-refractivity contribution in [3.63, 3.8) is 0 Å². The van der Waals surface area contributed by atoms with Crippen molar-refractivity contribution >= 4 is 41.1 Å². The molecule has 1 aliphatic heterocycles. The fourth-order valence-corrected chi connectivity index (χ4v) is 2.72. The highest BCUT2D eigenvalue weighted by Crippen LogP contribution is 2.25. The van der Waals surface area contributed by atoms with Crippen LogP contribution in [0.2, 0.25) is 10.0 Å². The van der Waals surface area contributed by atoms with Crippen molar-refractivity contribution < 1.29 is 9.59 Å². The fraction of sp³-hybridized carbons (Fsp3) is 0.467. The van der Waals surface area contributed by atoms with Crippen LogP contribution in [0.25, 0.3) is 0 Å². The van der Waals surface area contributed by atoms with Crippen LogP contribution in [0.3, 0.4) is 0 Å². The number of piperidine rings is 1. The van der Waals surface area contributed by atoms with E-state index in [-0.39, 0.29) is 11.8 Å². The molecule has 0 spiro atoms. The standard InChI is InChI=1S/C15H18Cl2N2O2/c16-12-1-2-13(17)14(9-12)18-15(21)5-8-19-6-3-11(10-20)4-7-19/h1-2,9-11H,3-8H2,(H,18,21). The summed E-state index contributed by atoms with van der Waals surface area (Å²) in [6.07, 6.45) is 3.19. The smallest absolute Gasteiger partial charge is 0.225 e. The summed E-state index contributed by atoms with van der Waals surface area (Å²) >= 11 is 11.9. The zero-order chi connectivity index (χ0) is 15.2. The SMILES string of the molecule is O=CC1CCN(CCC(=O)Nc2cc(Cl)ccc2Cl)CC1. The molecule has 21 heavy (non-hydrogen) atoms. The first-order valence-electron chi connectivity index (χ1n) is 7.01. The first-order valence-corrected chi connectivity index (χ1v) is 7.76. The number of nitrogens with one attached hydrogen (secondary N) is 1. The van der Waals surface area contributed by atoms with Crippen molar-refractivity contribution in [2.75, 3.05) is 25.0 Å². The van der Waals surface area contributed by atoms with Gasteiger partial charge in [-0.05, 0) is 44.1 Å². The number of carbonyl (C=O) groups is 2. The summed E-state index contributed by atoms with van der Waals surface area (Å²) in [5, 5.41) is 3.78. The number of halogens is 2. The van der Waals surface area contributed by atoms with Crippen LogP contribution in [0.4, 0.5) is 5.69 Å². The van der Waals surface area contributed by atoms with E-state index in [0.717, 1.165) is 32.2 Å². The molecular weight excluding hydrogens is 311 g/mol. The van der Waals surface area contributed by atoms with Gasteiger partial charge in [0.25, 0.3) is 0 Å². The number of carbonyl (C=O) groups excluding carboxylic acids is 2. The molecule has 6 heteroatoms. The maximum absolute atomic E-state index is 11.9. The number of amides is 1. The lowest BCUT2D eigenvalue weighted by Gasteiger charge is -2.29. The number of hydrogen-bond acceptors (Lipinski definition) is 3. The maximum Gasteiger partial charge on any atom is 0.225 e. The van der Waals surface area contributed by atoms with Gasteiger partial charge in [-0.3, -0.25) is 4.79 Å². The predicted molar refractivity (Wildman–Crippen MR) is 84.9 cm³/mol. The van der Waals surface area contributed by atoms with Gasteiger partial charge < -0.3 is 15.0 Å². The van der Waals surface area contributed by atoms with Gasteiger partial charge in [0.15, 0.2) is 0 Å². The molecule has 2 rings (SSSR count). The molecular formula is C15H18Cl2N2O2. The highest BCUT2D eigenvalue weighted by molar-refractivity contribution is 6.35. The first-order chi connectivity index (χ1) is 10.1. The van der Waals surface area contributed by atoms with Crippen LogP contribution in [0.15, 0.2) is 18.2 Å². The van der Waals surface area contributed by atoms with Crippen molar-refractivity contribution in [2.45, 2.75) is 19.3 Å². The van der Waals surface area contributed by atoms with Gasteiger partial charge in [0, 0.05) is 23.9 Å². The normalized spacial score (nSPS) is 16.7. The number of nitrogens with zero attached hydrogens (tertiary/aromatic N) is 1. The summed E-state index contributed by atoms with van der Waals surface area (Å²) in [6, 6.07) is 4.97. The molecule has 1 aliphatic rings. The van der Waals surface area contributed by atoms with Crippen molar-refractivity contribution in [2.24, 2.45) is 5.92 Å². The van der Waals surface area contributed by atoms with Crippen molar-refractivity contribution in [1.29, 1.82) is 0 Å². The Morgan fingerprint density at radius 3 is 2.71 bits per heavy atom. The third-order valence-corrected chi connectivity index (χ3v) is 4.25. The Balaban J connectivity index is 1.77. The Morgan fingerprint density at radius 1 is 1.33 bits per heavy atom. The van der Waals surface area contributed by atoms with Gasteiger partial charge in [-0.25, -0.2) is 0 Å². The second kappa shape index (κ2) is 7.78. The number of hydrogen-bond donors (Lipinski definition) is 1. The van der Waals surface area contributed by atoms with Crippen LogP contribution >= 0.6 is 23.2 Å². The average molecular weight is 329 g/mol. The number of rotatable bonds is 5. The van der Waals surface area contributed by atoms with Crippen LogP contribution in [-0.2, 0) is 9.59 Å². The van der Waals surface area contributed by atoms with Gasteiger partial charge in [-0.1, -0.05) is 23.2 Å². The molecule has 0 bridgehead atoms. The van der Waals surface area contributed by atoms with E-state index in [1.807, 2.05) is 0 Å². The Labute approximate surface area is 134 Å². The lowest BCUT2D eigenvalue weighted by atomic mass is 9.98. The molecule has 114 valence electrons. The third kappa shape index (κ3) is 4.99. The predicted octanol–water partition coefficient (Wildman–Crippen LogP) is 3.23. The topological polar surface area (TPSA) is 49.4 Å². The number of anilines is 1. The van der Waals surface area contributed by atoms with E-state index < -0.39 is 0 Å². The fourth-order valence-electron chi connectivity index (χ4n) is 2.38. The molecule has 1 amide bonds. The van der Waals surface area contributed by atoms with Crippen molar-refractivity contribution in [3.05, 3.63) is 28.2 Å². The van der Waals surface area contributed by atoms with E-state index >= 15 is 0 Å². The van der Waals surface area contributed by atoms with E-state index in [1.54, 1.807) is 18.2 Å². The molecule has 1 saturated heterocycles. The van der Waals surface area contributed by atoms with E-state index in [0.29, 0.717) is 28.7 Å². The second-order valence-electron chi connectivity index (χ2n) is 5.24. The molecule has 1 heterocycles. The molecule has 1 N–H and O–H groups in total. The minimum atomic E-state index is -0.0864. The average Bonchev–Trinajstić information content (AvgIpc) is 2.49. The van der Waals surface area contributed by atoms with Gasteiger partial charge in [0.2, 0.25) is 5.91 Å². The number of benzene rings is 1. The first kappa shape index (κ1) is 16.3. The van der Waals surface area contributed by atoms with E-state index in [4.69, 9.17) is 23.2 Å². The molecule has 0 saturated carbocycles. The monoisotopic (exact) mass is 328 g/mol. The molecule has 4 nitrogen and oxygen atoms in total. The molecule has 0 aromatic heterocycles. The highest BCUT2D eigenvalue weighted by Gasteiger charge is 2.19. The van der Waals surface area contributed by atoms with Gasteiger partial charge in [-0.2, -0.15) is 0 Å². The molecule has 0 aliphatic carbocycles. The Bertz CT molecular complexity index is 514.